The molecule has 0 amide bonds. The Hall–Kier alpha value is -1.31. The molecule has 196 valence electrons. The number of fused-ring (bicyclic) bond motifs is 1. The van der Waals surface area contributed by atoms with Crippen LogP contribution in [-0.2, 0) is 18.1 Å². The maximum atomic E-state index is 10.4. The largest absolute Gasteiger partial charge is 0.620 e. The first-order valence-corrected chi connectivity index (χ1v) is 13.3. The molecule has 2 fully saturated rings. The number of nitrogen functional groups attached to an aromatic ring is 1. The van der Waals surface area contributed by atoms with Gasteiger partial charge in [0.25, 0.3) is 0 Å². The maximum Gasteiger partial charge on any atom is 0.620 e. The van der Waals surface area contributed by atoms with E-state index >= 15 is 0 Å². The number of ether oxygens (including phenoxy) is 1. The number of imidazole rings is 1. The summed E-state index contributed by atoms with van der Waals surface area (Å²) in [6.07, 6.45) is -5.32. The van der Waals surface area contributed by atoms with Crippen molar-refractivity contribution in [2.45, 2.75) is 42.8 Å². The Morgan fingerprint density at radius 3 is 2.34 bits per heavy atom. The molecule has 20 heteroatoms. The minimum Gasteiger partial charge on any atom is -0.387 e. The van der Waals surface area contributed by atoms with Crippen LogP contribution in [0.4, 0.5) is 5.82 Å². The van der Waals surface area contributed by atoms with Crippen molar-refractivity contribution in [2.75, 3.05) is 25.5 Å². The quantitative estimate of drug-likeness (QED) is 0.132. The van der Waals surface area contributed by atoms with Crippen LogP contribution in [0.15, 0.2) is 12.7 Å². The van der Waals surface area contributed by atoms with Gasteiger partial charge in [0.2, 0.25) is 0 Å². The molecule has 35 heavy (non-hydrogen) atoms. The second-order valence-electron chi connectivity index (χ2n) is 7.98. The van der Waals surface area contributed by atoms with Gasteiger partial charge in [-0.25, -0.2) is 15.0 Å². The van der Waals surface area contributed by atoms with E-state index < -0.39 is 72.3 Å². The number of nitrogens with zero attached hydrogens (tertiary/aromatic N) is 4. The zero-order valence-electron chi connectivity index (χ0n) is 17.9. The molecule has 2 aromatic rings. The average molecular weight is 545 g/mol. The van der Waals surface area contributed by atoms with Crippen molar-refractivity contribution in [3.8, 4) is 0 Å². The second-order valence-corrected chi connectivity index (χ2v) is 11.1. The van der Waals surface area contributed by atoms with Crippen molar-refractivity contribution in [3.63, 3.8) is 0 Å². The van der Waals surface area contributed by atoms with Gasteiger partial charge in [0.1, 0.15) is 61.6 Å². The zero-order chi connectivity index (χ0) is 25.5. The number of aromatic nitrogens is 4. The minimum atomic E-state index is -4.90. The number of aliphatic hydroxyl groups excluding tert-OH is 4. The summed E-state index contributed by atoms with van der Waals surface area (Å²) in [7, 11) is -9.72. The summed E-state index contributed by atoms with van der Waals surface area (Å²) in [5, 5.41) is 41.5. The van der Waals surface area contributed by atoms with Crippen molar-refractivity contribution in [1.29, 1.82) is 0 Å². The van der Waals surface area contributed by atoms with Crippen LogP contribution in [0.1, 0.15) is 6.23 Å². The van der Waals surface area contributed by atoms with Crippen molar-refractivity contribution < 1.29 is 63.4 Å². The van der Waals surface area contributed by atoms with E-state index in [-0.39, 0.29) is 23.5 Å². The lowest BCUT2D eigenvalue weighted by molar-refractivity contribution is -0.676. The third-order valence-corrected chi connectivity index (χ3v) is 8.24. The summed E-state index contributed by atoms with van der Waals surface area (Å²) >= 11 is 0. The van der Waals surface area contributed by atoms with Gasteiger partial charge in [0.15, 0.2) is 24.3 Å². The van der Waals surface area contributed by atoms with E-state index in [0.29, 0.717) is 0 Å². The van der Waals surface area contributed by atoms with Crippen molar-refractivity contribution in [3.05, 3.63) is 12.7 Å². The number of hydrogen-bond donors (Lipinski definition) is 10. The zero-order valence-corrected chi connectivity index (χ0v) is 19.7. The van der Waals surface area contributed by atoms with Gasteiger partial charge >= 0.3 is 16.3 Å². The smallest absolute Gasteiger partial charge is 0.387 e. The molecule has 0 aromatic carbocycles. The topological polar surface area (TPSA) is 285 Å². The number of quaternary nitrogens is 1. The number of aliphatic hydroxyl groups is 4. The molecule has 0 aliphatic carbocycles. The molecule has 0 bridgehead atoms. The Bertz CT molecular complexity index is 1030. The highest BCUT2D eigenvalue weighted by atomic mass is 31.3. The highest BCUT2D eigenvalue weighted by Gasteiger charge is 2.62. The Morgan fingerprint density at radius 2 is 1.69 bits per heavy atom. The normalized spacial score (nSPS) is 32.1. The lowest BCUT2D eigenvalue weighted by Gasteiger charge is -2.16. The molecule has 0 radical (unpaired) electrons. The molecule has 0 unspecified atom stereocenters. The molecule has 0 spiro atoms. The van der Waals surface area contributed by atoms with Crippen LogP contribution < -0.4 is 11.1 Å². The van der Waals surface area contributed by atoms with Crippen molar-refractivity contribution in [1.82, 2.24) is 19.5 Å². The SMILES string of the molecule is Nc1ncnc2c1ncn2[C@@H]1O[C@H](CO[P+](O)(O)O[P+](O)(O)OC[C@H]2[NH2+]C[C@H](O)[C@@H]2O)[C@@H](O)[C@H]1O. The van der Waals surface area contributed by atoms with Gasteiger partial charge < -0.3 is 36.2 Å². The third-order valence-electron chi connectivity index (χ3n) is 5.57. The molecular formula is C15H27N6O12P2+3. The van der Waals surface area contributed by atoms with Crippen LogP contribution in [0.5, 0.6) is 0 Å². The summed E-state index contributed by atoms with van der Waals surface area (Å²) in [6.45, 7) is -1.05. The summed E-state index contributed by atoms with van der Waals surface area (Å²) in [4.78, 5) is 51.6. The lowest BCUT2D eigenvalue weighted by Crippen LogP contribution is -2.89. The molecule has 12 N–H and O–H groups in total. The lowest BCUT2D eigenvalue weighted by atomic mass is 10.1. The minimum absolute atomic E-state index is 0.0903. The average Bonchev–Trinajstić information content (AvgIpc) is 3.43. The molecule has 2 aliphatic heterocycles. The van der Waals surface area contributed by atoms with Crippen LogP contribution >= 0.6 is 16.3 Å². The Balaban J connectivity index is 1.33. The fraction of sp³-hybridized carbons (Fsp3) is 0.667. The van der Waals surface area contributed by atoms with Gasteiger partial charge in [-0.05, 0) is 0 Å². The van der Waals surface area contributed by atoms with Gasteiger partial charge in [0, 0.05) is 0 Å². The van der Waals surface area contributed by atoms with E-state index in [9.17, 15) is 40.0 Å². The van der Waals surface area contributed by atoms with Crippen LogP contribution in [-0.4, -0.2) is 116 Å². The highest BCUT2D eigenvalue weighted by molar-refractivity contribution is 7.68. The Kier molecular flexibility index (Phi) is 7.81. The van der Waals surface area contributed by atoms with Crippen LogP contribution in [0.25, 0.3) is 11.2 Å². The number of rotatable bonds is 9. The van der Waals surface area contributed by atoms with E-state index in [0.717, 1.165) is 0 Å². The fourth-order valence-electron chi connectivity index (χ4n) is 3.74. The molecule has 2 saturated heterocycles. The van der Waals surface area contributed by atoms with Gasteiger partial charge in [-0.15, -0.1) is 9.05 Å². The Labute approximate surface area is 197 Å². The van der Waals surface area contributed by atoms with Crippen LogP contribution in [0.2, 0.25) is 0 Å². The first-order chi connectivity index (χ1) is 16.4. The second kappa shape index (κ2) is 10.2. The predicted octanol–water partition coefficient (Wildman–Crippen LogP) is -4.93. The van der Waals surface area contributed by atoms with E-state index in [1.807, 2.05) is 0 Å². The molecule has 7 atom stereocenters. The molecule has 2 aliphatic rings. The number of nitrogens with two attached hydrogens (primary N) is 2. The molecular weight excluding hydrogens is 518 g/mol. The van der Waals surface area contributed by atoms with Gasteiger partial charge in [-0.1, -0.05) is 0 Å². The monoisotopic (exact) mass is 545 g/mol. The highest BCUT2D eigenvalue weighted by Crippen LogP contribution is 2.69. The van der Waals surface area contributed by atoms with Gasteiger partial charge in [-0.2, -0.15) is 19.6 Å². The van der Waals surface area contributed by atoms with Gasteiger partial charge in [-0.3, -0.25) is 4.57 Å². The fourth-order valence-corrected chi connectivity index (χ4v) is 5.93. The van der Waals surface area contributed by atoms with E-state index in [4.69, 9.17) is 19.5 Å². The van der Waals surface area contributed by atoms with E-state index in [2.05, 4.69) is 19.3 Å². The number of anilines is 1. The molecule has 0 saturated carbocycles. The predicted molar refractivity (Wildman–Crippen MR) is 114 cm³/mol. The van der Waals surface area contributed by atoms with Gasteiger partial charge in [0.05, 0.1) is 10.6 Å². The third kappa shape index (κ3) is 5.83. The van der Waals surface area contributed by atoms with Crippen LogP contribution in [0, 0.1) is 0 Å². The summed E-state index contributed by atoms with van der Waals surface area (Å²) in [6, 6.07) is -0.737. The summed E-state index contributed by atoms with van der Waals surface area (Å²) in [5.74, 6) is 0.0903. The first kappa shape index (κ1) is 26.7. The molecule has 2 aromatic heterocycles. The number of hydrogen-bond acceptors (Lipinski definition) is 16. The maximum absolute atomic E-state index is 10.4. The van der Waals surface area contributed by atoms with E-state index in [1.54, 1.807) is 0 Å². The standard InChI is InChI=1S/C15H26N6O12P2/c16-13-9-14(19-4-18-13)21(5-20-9)15-12(25)11(24)8(32-15)3-31-35(28,29)33-34(26,27)30-2-6-10(23)7(22)1-17-6/h4-8,10-12,15,17,22-29H,1-3H2,(H2,16,18,19)/q+2/p+1/t6-,7+,8-,10-,11-,12-,15-/m1/s1. The molecule has 4 heterocycles. The van der Waals surface area contributed by atoms with Crippen molar-refractivity contribution in [2.24, 2.45) is 0 Å². The first-order valence-electron chi connectivity index (χ1n) is 10.2. The van der Waals surface area contributed by atoms with E-state index in [1.165, 1.54) is 22.5 Å². The summed E-state index contributed by atoms with van der Waals surface area (Å²) < 4.78 is 20.9. The Morgan fingerprint density at radius 1 is 1.00 bits per heavy atom. The molecule has 4 rings (SSSR count). The summed E-state index contributed by atoms with van der Waals surface area (Å²) in [5.41, 5.74) is 6.19. The van der Waals surface area contributed by atoms with Crippen LogP contribution in [0.3, 0.4) is 0 Å². The molecule has 18 nitrogen and oxygen atoms in total. The van der Waals surface area contributed by atoms with Crippen molar-refractivity contribution >= 4 is 33.3 Å².